The van der Waals surface area contributed by atoms with Crippen LogP contribution < -0.4 is 5.32 Å². The van der Waals surface area contributed by atoms with Crippen molar-refractivity contribution in [1.29, 1.82) is 0 Å². The molecule has 1 aliphatic heterocycles. The zero-order valence-corrected chi connectivity index (χ0v) is 12.3. The van der Waals surface area contributed by atoms with Crippen molar-refractivity contribution >= 4 is 5.97 Å². The van der Waals surface area contributed by atoms with Gasteiger partial charge in [-0.15, -0.1) is 0 Å². The molecule has 1 aromatic carbocycles. The first kappa shape index (κ1) is 15.0. The van der Waals surface area contributed by atoms with Gasteiger partial charge in [-0.1, -0.05) is 30.3 Å². The molecule has 4 heteroatoms. The molecular formula is C16H24N2O2. The summed E-state index contributed by atoms with van der Waals surface area (Å²) in [5.41, 5.74) is 1.03. The molecular weight excluding hydrogens is 252 g/mol. The molecule has 20 heavy (non-hydrogen) atoms. The molecule has 2 rings (SSSR count). The standard InChI is InChI=1S/C16H24N2O2/c1-17-14-9-6-10-18(11-14)12-15(16(19)20-2)13-7-4-3-5-8-13/h3-5,7-8,14-15,17H,6,9-12H2,1-2H3. The summed E-state index contributed by atoms with van der Waals surface area (Å²) in [5, 5.41) is 3.33. The Kier molecular flexibility index (Phi) is 5.56. The van der Waals surface area contributed by atoms with Crippen molar-refractivity contribution in [2.24, 2.45) is 0 Å². The highest BCUT2D eigenvalue weighted by atomic mass is 16.5. The van der Waals surface area contributed by atoms with Crippen LogP contribution in [0.4, 0.5) is 0 Å². The van der Waals surface area contributed by atoms with Crippen LogP contribution in [0.3, 0.4) is 0 Å². The first-order valence-electron chi connectivity index (χ1n) is 7.27. The lowest BCUT2D eigenvalue weighted by atomic mass is 9.97. The average Bonchev–Trinajstić information content (AvgIpc) is 2.53. The second-order valence-electron chi connectivity index (χ2n) is 5.37. The van der Waals surface area contributed by atoms with E-state index >= 15 is 0 Å². The molecule has 110 valence electrons. The minimum absolute atomic E-state index is 0.150. The van der Waals surface area contributed by atoms with Crippen molar-refractivity contribution in [1.82, 2.24) is 10.2 Å². The number of rotatable bonds is 5. The van der Waals surface area contributed by atoms with Crippen molar-refractivity contribution in [2.75, 3.05) is 33.8 Å². The third kappa shape index (κ3) is 3.81. The van der Waals surface area contributed by atoms with E-state index in [0.717, 1.165) is 25.2 Å². The predicted octanol–water partition coefficient (Wildman–Crippen LogP) is 1.63. The van der Waals surface area contributed by atoms with Gasteiger partial charge in [0, 0.05) is 19.1 Å². The van der Waals surface area contributed by atoms with Gasteiger partial charge in [0.05, 0.1) is 13.0 Å². The summed E-state index contributed by atoms with van der Waals surface area (Å²) < 4.78 is 4.98. The smallest absolute Gasteiger partial charge is 0.314 e. The molecule has 1 N–H and O–H groups in total. The Labute approximate surface area is 121 Å². The Balaban J connectivity index is 2.06. The molecule has 1 aromatic rings. The van der Waals surface area contributed by atoms with E-state index in [1.54, 1.807) is 0 Å². The Morgan fingerprint density at radius 3 is 2.85 bits per heavy atom. The largest absolute Gasteiger partial charge is 0.469 e. The molecule has 0 amide bonds. The van der Waals surface area contributed by atoms with Gasteiger partial charge in [-0.25, -0.2) is 0 Å². The molecule has 1 heterocycles. The summed E-state index contributed by atoms with van der Waals surface area (Å²) in [5.74, 6) is -0.348. The van der Waals surface area contributed by atoms with E-state index < -0.39 is 0 Å². The van der Waals surface area contributed by atoms with Gasteiger partial charge in [0.1, 0.15) is 0 Å². The fraction of sp³-hybridized carbons (Fsp3) is 0.562. The molecule has 4 nitrogen and oxygen atoms in total. The number of likely N-dealkylation sites (tertiary alicyclic amines) is 1. The monoisotopic (exact) mass is 276 g/mol. The van der Waals surface area contributed by atoms with Crippen LogP contribution in [0.15, 0.2) is 30.3 Å². The van der Waals surface area contributed by atoms with Crippen LogP contribution >= 0.6 is 0 Å². The van der Waals surface area contributed by atoms with Gasteiger partial charge in [0.25, 0.3) is 0 Å². The molecule has 1 saturated heterocycles. The minimum Gasteiger partial charge on any atom is -0.469 e. The van der Waals surface area contributed by atoms with Gasteiger partial charge in [0.2, 0.25) is 0 Å². The van der Waals surface area contributed by atoms with Crippen molar-refractivity contribution in [3.63, 3.8) is 0 Å². The maximum Gasteiger partial charge on any atom is 0.314 e. The second kappa shape index (κ2) is 7.41. The van der Waals surface area contributed by atoms with E-state index in [0.29, 0.717) is 6.04 Å². The molecule has 0 bridgehead atoms. The third-order valence-electron chi connectivity index (χ3n) is 4.04. The van der Waals surface area contributed by atoms with Crippen LogP contribution in [0.2, 0.25) is 0 Å². The van der Waals surface area contributed by atoms with E-state index in [2.05, 4.69) is 10.2 Å². The molecule has 1 aliphatic rings. The first-order chi connectivity index (χ1) is 9.74. The number of carbonyl (C=O) groups is 1. The van der Waals surface area contributed by atoms with Gasteiger partial charge in [-0.2, -0.15) is 0 Å². The summed E-state index contributed by atoms with van der Waals surface area (Å²) in [4.78, 5) is 14.4. The number of methoxy groups -OCH3 is 1. The summed E-state index contributed by atoms with van der Waals surface area (Å²) in [6.07, 6.45) is 2.38. The Bertz CT molecular complexity index is 422. The average molecular weight is 276 g/mol. The number of hydrogen-bond donors (Lipinski definition) is 1. The zero-order valence-electron chi connectivity index (χ0n) is 12.3. The summed E-state index contributed by atoms with van der Waals surface area (Å²) >= 11 is 0. The highest BCUT2D eigenvalue weighted by Crippen LogP contribution is 2.21. The molecule has 2 atom stereocenters. The second-order valence-corrected chi connectivity index (χ2v) is 5.37. The third-order valence-corrected chi connectivity index (χ3v) is 4.04. The quantitative estimate of drug-likeness (QED) is 0.830. The van der Waals surface area contributed by atoms with E-state index in [1.165, 1.54) is 20.0 Å². The number of carbonyl (C=O) groups excluding carboxylic acids is 1. The molecule has 2 unspecified atom stereocenters. The maximum absolute atomic E-state index is 12.1. The van der Waals surface area contributed by atoms with Crippen molar-refractivity contribution < 1.29 is 9.53 Å². The first-order valence-corrected chi connectivity index (χ1v) is 7.27. The highest BCUT2D eigenvalue weighted by Gasteiger charge is 2.27. The van der Waals surface area contributed by atoms with Crippen LogP contribution in [-0.4, -0.2) is 50.7 Å². The van der Waals surface area contributed by atoms with Crippen molar-refractivity contribution in [3.8, 4) is 0 Å². The minimum atomic E-state index is -0.197. The number of nitrogens with zero attached hydrogens (tertiary/aromatic N) is 1. The Hall–Kier alpha value is -1.39. The molecule has 0 aliphatic carbocycles. The number of ether oxygens (including phenoxy) is 1. The molecule has 0 spiro atoms. The highest BCUT2D eigenvalue weighted by molar-refractivity contribution is 5.78. The van der Waals surface area contributed by atoms with E-state index in [-0.39, 0.29) is 11.9 Å². The lowest BCUT2D eigenvalue weighted by Gasteiger charge is -2.34. The fourth-order valence-corrected chi connectivity index (χ4v) is 2.86. The maximum atomic E-state index is 12.1. The topological polar surface area (TPSA) is 41.6 Å². The molecule has 0 aromatic heterocycles. The zero-order chi connectivity index (χ0) is 14.4. The number of benzene rings is 1. The summed E-state index contributed by atoms with van der Waals surface area (Å²) in [6, 6.07) is 10.4. The normalized spacial score (nSPS) is 21.4. The fourth-order valence-electron chi connectivity index (χ4n) is 2.86. The van der Waals surface area contributed by atoms with Crippen LogP contribution in [0.5, 0.6) is 0 Å². The van der Waals surface area contributed by atoms with Crippen molar-refractivity contribution in [2.45, 2.75) is 24.8 Å². The molecule has 0 radical (unpaired) electrons. The lowest BCUT2D eigenvalue weighted by Crippen LogP contribution is -2.46. The lowest BCUT2D eigenvalue weighted by molar-refractivity contribution is -0.143. The van der Waals surface area contributed by atoms with E-state index in [4.69, 9.17) is 4.74 Å². The number of nitrogens with one attached hydrogen (secondary N) is 1. The number of esters is 1. The van der Waals surface area contributed by atoms with E-state index in [9.17, 15) is 4.79 Å². The van der Waals surface area contributed by atoms with Gasteiger partial charge < -0.3 is 15.0 Å². The number of piperidine rings is 1. The van der Waals surface area contributed by atoms with Crippen LogP contribution in [0, 0.1) is 0 Å². The Morgan fingerprint density at radius 2 is 2.20 bits per heavy atom. The van der Waals surface area contributed by atoms with Gasteiger partial charge in [-0.3, -0.25) is 4.79 Å². The van der Waals surface area contributed by atoms with Crippen molar-refractivity contribution in [3.05, 3.63) is 35.9 Å². The number of hydrogen-bond acceptors (Lipinski definition) is 4. The molecule has 0 saturated carbocycles. The number of likely N-dealkylation sites (N-methyl/N-ethyl adjacent to an activating group) is 1. The SMILES string of the molecule is CNC1CCCN(CC(C(=O)OC)c2ccccc2)C1. The van der Waals surface area contributed by atoms with E-state index in [1.807, 2.05) is 37.4 Å². The van der Waals surface area contributed by atoms with Gasteiger partial charge in [0.15, 0.2) is 0 Å². The predicted molar refractivity (Wildman–Crippen MR) is 79.7 cm³/mol. The van der Waals surface area contributed by atoms with Crippen LogP contribution in [0.1, 0.15) is 24.3 Å². The van der Waals surface area contributed by atoms with Crippen LogP contribution in [-0.2, 0) is 9.53 Å². The Morgan fingerprint density at radius 1 is 1.45 bits per heavy atom. The summed E-state index contributed by atoms with van der Waals surface area (Å²) in [6.45, 7) is 2.78. The van der Waals surface area contributed by atoms with Gasteiger partial charge in [-0.05, 0) is 32.0 Å². The van der Waals surface area contributed by atoms with Gasteiger partial charge >= 0.3 is 5.97 Å². The molecule has 1 fully saturated rings. The van der Waals surface area contributed by atoms with Crippen LogP contribution in [0.25, 0.3) is 0 Å². The summed E-state index contributed by atoms with van der Waals surface area (Å²) in [7, 11) is 3.47.